The second kappa shape index (κ2) is 7.27. The number of carbonyl (C=O) groups is 1. The van der Waals surface area contributed by atoms with Crippen LogP contribution < -0.4 is 10.1 Å². The molecule has 3 rings (SSSR count). The van der Waals surface area contributed by atoms with Gasteiger partial charge in [0, 0.05) is 10.9 Å². The number of hydrogen-bond acceptors (Lipinski definition) is 5. The molecular weight excluding hydrogens is 331 g/mol. The van der Waals surface area contributed by atoms with Crippen LogP contribution in [0.25, 0.3) is 11.3 Å². The zero-order valence-corrected chi connectivity index (χ0v) is 13.7. The number of halogens is 1. The van der Waals surface area contributed by atoms with Crippen molar-refractivity contribution in [2.75, 3.05) is 7.11 Å². The monoisotopic (exact) mass is 346 g/mol. The van der Waals surface area contributed by atoms with Gasteiger partial charge in [-0.1, -0.05) is 0 Å². The zero-order valence-electron chi connectivity index (χ0n) is 12.9. The van der Waals surface area contributed by atoms with Crippen LogP contribution in [0.4, 0.5) is 4.39 Å². The number of furan rings is 1. The van der Waals surface area contributed by atoms with Crippen molar-refractivity contribution < 1.29 is 18.3 Å². The van der Waals surface area contributed by atoms with Crippen molar-refractivity contribution in [2.24, 2.45) is 0 Å². The van der Waals surface area contributed by atoms with Crippen LogP contribution in [0.15, 0.2) is 46.4 Å². The molecule has 2 heterocycles. The van der Waals surface area contributed by atoms with Crippen LogP contribution in [-0.4, -0.2) is 18.0 Å². The molecule has 24 heavy (non-hydrogen) atoms. The molecule has 2 aromatic heterocycles. The van der Waals surface area contributed by atoms with E-state index in [0.29, 0.717) is 28.6 Å². The fraction of sp³-hybridized carbons (Fsp3) is 0.176. The highest BCUT2D eigenvalue weighted by atomic mass is 32.1. The van der Waals surface area contributed by atoms with Crippen molar-refractivity contribution in [1.29, 1.82) is 0 Å². The SMILES string of the molecule is COc1ccc(-c2csc(CC(=O)NCc3ccco3)n2)cc1F. The number of ether oxygens (including phenoxy) is 1. The number of aromatic nitrogens is 1. The van der Waals surface area contributed by atoms with Crippen molar-refractivity contribution >= 4 is 17.2 Å². The Labute approximate surface area is 142 Å². The van der Waals surface area contributed by atoms with Gasteiger partial charge in [-0.25, -0.2) is 9.37 Å². The van der Waals surface area contributed by atoms with E-state index in [1.807, 2.05) is 0 Å². The highest BCUT2D eigenvalue weighted by molar-refractivity contribution is 7.10. The predicted octanol–water partition coefficient (Wildman–Crippen LogP) is 3.41. The second-order valence-electron chi connectivity index (χ2n) is 5.01. The van der Waals surface area contributed by atoms with E-state index >= 15 is 0 Å². The summed E-state index contributed by atoms with van der Waals surface area (Å²) in [6.45, 7) is 0.341. The van der Waals surface area contributed by atoms with Gasteiger partial charge in [0.1, 0.15) is 10.8 Å². The number of hydrogen-bond donors (Lipinski definition) is 1. The van der Waals surface area contributed by atoms with Crippen molar-refractivity contribution in [3.63, 3.8) is 0 Å². The molecule has 0 radical (unpaired) electrons. The predicted molar refractivity (Wildman–Crippen MR) is 88.3 cm³/mol. The fourth-order valence-electron chi connectivity index (χ4n) is 2.15. The number of methoxy groups -OCH3 is 1. The van der Waals surface area contributed by atoms with Gasteiger partial charge in [-0.2, -0.15) is 0 Å². The minimum Gasteiger partial charge on any atom is -0.494 e. The molecular formula is C17H15FN2O3S. The number of carbonyl (C=O) groups excluding carboxylic acids is 1. The normalized spacial score (nSPS) is 10.6. The van der Waals surface area contributed by atoms with E-state index in [-0.39, 0.29) is 18.1 Å². The molecule has 0 saturated carbocycles. The van der Waals surface area contributed by atoms with E-state index in [2.05, 4.69) is 10.3 Å². The lowest BCUT2D eigenvalue weighted by atomic mass is 10.1. The summed E-state index contributed by atoms with van der Waals surface area (Å²) in [6.07, 6.45) is 1.73. The molecule has 0 aliphatic carbocycles. The lowest BCUT2D eigenvalue weighted by Crippen LogP contribution is -2.24. The molecule has 0 spiro atoms. The highest BCUT2D eigenvalue weighted by Crippen LogP contribution is 2.26. The Morgan fingerprint density at radius 2 is 2.29 bits per heavy atom. The number of amides is 1. The maximum Gasteiger partial charge on any atom is 0.227 e. The molecule has 7 heteroatoms. The first-order valence-electron chi connectivity index (χ1n) is 7.23. The van der Waals surface area contributed by atoms with Crippen LogP contribution in [0.3, 0.4) is 0 Å². The van der Waals surface area contributed by atoms with E-state index in [1.54, 1.807) is 35.9 Å². The van der Waals surface area contributed by atoms with Crippen LogP contribution in [0.1, 0.15) is 10.8 Å². The number of nitrogens with one attached hydrogen (secondary N) is 1. The summed E-state index contributed by atoms with van der Waals surface area (Å²) in [5.41, 5.74) is 1.28. The van der Waals surface area contributed by atoms with Crippen LogP contribution in [0.5, 0.6) is 5.75 Å². The molecule has 124 valence electrons. The first kappa shape index (κ1) is 16.2. The second-order valence-corrected chi connectivity index (χ2v) is 5.95. The highest BCUT2D eigenvalue weighted by Gasteiger charge is 2.11. The molecule has 3 aromatic rings. The summed E-state index contributed by atoms with van der Waals surface area (Å²) in [7, 11) is 1.42. The summed E-state index contributed by atoms with van der Waals surface area (Å²) in [5, 5.41) is 5.23. The Hall–Kier alpha value is -2.67. The van der Waals surface area contributed by atoms with E-state index in [4.69, 9.17) is 9.15 Å². The molecule has 0 bridgehead atoms. The molecule has 0 aliphatic heterocycles. The summed E-state index contributed by atoms with van der Waals surface area (Å²) >= 11 is 1.36. The van der Waals surface area contributed by atoms with Gasteiger partial charge in [-0.05, 0) is 30.3 Å². The first-order chi connectivity index (χ1) is 11.7. The van der Waals surface area contributed by atoms with Gasteiger partial charge in [-0.3, -0.25) is 4.79 Å². The standard InChI is InChI=1S/C17H15FN2O3S/c1-22-15-5-4-11(7-13(15)18)14-10-24-17(20-14)8-16(21)19-9-12-3-2-6-23-12/h2-7,10H,8-9H2,1H3,(H,19,21). The van der Waals surface area contributed by atoms with E-state index in [9.17, 15) is 9.18 Å². The quantitative estimate of drug-likeness (QED) is 0.743. The molecule has 1 N–H and O–H groups in total. The van der Waals surface area contributed by atoms with Crippen molar-refractivity contribution in [2.45, 2.75) is 13.0 Å². The first-order valence-corrected chi connectivity index (χ1v) is 8.11. The van der Waals surface area contributed by atoms with E-state index in [0.717, 1.165) is 0 Å². The molecule has 1 amide bonds. The summed E-state index contributed by atoms with van der Waals surface area (Å²) in [4.78, 5) is 16.3. The third kappa shape index (κ3) is 3.80. The topological polar surface area (TPSA) is 64.4 Å². The number of nitrogens with zero attached hydrogens (tertiary/aromatic N) is 1. The minimum atomic E-state index is -0.444. The smallest absolute Gasteiger partial charge is 0.227 e. The summed E-state index contributed by atoms with van der Waals surface area (Å²) < 4.78 is 23.8. The number of rotatable bonds is 6. The Bertz CT molecular complexity index is 830. The maximum absolute atomic E-state index is 13.8. The van der Waals surface area contributed by atoms with Crippen molar-refractivity contribution in [3.05, 3.63) is 58.6 Å². The molecule has 0 unspecified atom stereocenters. The Balaban J connectivity index is 1.62. The van der Waals surface area contributed by atoms with Gasteiger partial charge >= 0.3 is 0 Å². The molecule has 0 aliphatic rings. The zero-order chi connectivity index (χ0) is 16.9. The van der Waals surface area contributed by atoms with E-state index < -0.39 is 5.82 Å². The largest absolute Gasteiger partial charge is 0.494 e. The summed E-state index contributed by atoms with van der Waals surface area (Å²) in [6, 6.07) is 8.22. The van der Waals surface area contributed by atoms with Gasteiger partial charge in [0.2, 0.25) is 5.91 Å². The average Bonchev–Trinajstić information content (AvgIpc) is 3.24. The van der Waals surface area contributed by atoms with Gasteiger partial charge in [-0.15, -0.1) is 11.3 Å². The Kier molecular flexibility index (Phi) is 4.90. The maximum atomic E-state index is 13.8. The van der Waals surface area contributed by atoms with Crippen LogP contribution in [0, 0.1) is 5.82 Å². The lowest BCUT2D eigenvalue weighted by molar-refractivity contribution is -0.120. The summed E-state index contributed by atoms with van der Waals surface area (Å²) in [5.74, 6) is 0.289. The molecule has 1 aromatic carbocycles. The lowest BCUT2D eigenvalue weighted by Gasteiger charge is -2.03. The minimum absolute atomic E-state index is 0.145. The third-order valence-corrected chi connectivity index (χ3v) is 4.20. The molecule has 0 atom stereocenters. The van der Waals surface area contributed by atoms with Gasteiger partial charge in [0.15, 0.2) is 11.6 Å². The van der Waals surface area contributed by atoms with Gasteiger partial charge in [0.05, 0.1) is 32.0 Å². The number of thiazole rings is 1. The fourth-order valence-corrected chi connectivity index (χ4v) is 2.95. The Morgan fingerprint density at radius 3 is 3.00 bits per heavy atom. The van der Waals surface area contributed by atoms with Crippen LogP contribution in [0.2, 0.25) is 0 Å². The number of benzene rings is 1. The van der Waals surface area contributed by atoms with Gasteiger partial charge in [0.25, 0.3) is 0 Å². The van der Waals surface area contributed by atoms with Crippen molar-refractivity contribution in [3.8, 4) is 17.0 Å². The third-order valence-electron chi connectivity index (χ3n) is 3.35. The Morgan fingerprint density at radius 1 is 1.42 bits per heavy atom. The van der Waals surface area contributed by atoms with Crippen molar-refractivity contribution in [1.82, 2.24) is 10.3 Å². The molecule has 5 nitrogen and oxygen atoms in total. The van der Waals surface area contributed by atoms with Crippen LogP contribution in [-0.2, 0) is 17.8 Å². The molecule has 0 fully saturated rings. The van der Waals surface area contributed by atoms with Crippen LogP contribution >= 0.6 is 11.3 Å². The molecule has 0 saturated heterocycles. The average molecular weight is 346 g/mol. The van der Waals surface area contributed by atoms with E-state index in [1.165, 1.54) is 24.5 Å². The van der Waals surface area contributed by atoms with Gasteiger partial charge < -0.3 is 14.5 Å².